The number of hydrogen-bond donors (Lipinski definition) is 2. The Hall–Kier alpha value is -2.03. The smallest absolute Gasteiger partial charge is 0.316 e. The van der Waals surface area contributed by atoms with Crippen LogP contribution in [0.3, 0.4) is 0 Å². The van der Waals surface area contributed by atoms with Crippen molar-refractivity contribution in [1.82, 2.24) is 0 Å². The molecule has 2 bridgehead atoms. The molecule has 0 aromatic rings. The SMILES string of the molecule is CC1=C[C@H]2C(=O)O[C@H]3C[C@@H](C/C=C(\C)C[C@@H](C)/C=C/C=C4\CO[C@H]([C@@H]1C)[C@@]42O)O[C@]1(C3)C[C@H](O)[C@H](C)[C@@H](/C(C)=C/C(C)C)O1. The third kappa shape index (κ3) is 6.59. The first-order valence-corrected chi connectivity index (χ1v) is 16.7. The van der Waals surface area contributed by atoms with E-state index in [9.17, 15) is 15.0 Å². The van der Waals surface area contributed by atoms with E-state index in [0.29, 0.717) is 37.2 Å². The van der Waals surface area contributed by atoms with Crippen LogP contribution in [-0.4, -0.2) is 64.7 Å². The number of aliphatic hydroxyl groups is 2. The summed E-state index contributed by atoms with van der Waals surface area (Å²) in [6, 6.07) is 0. The molecule has 2 N–H and O–H groups in total. The van der Waals surface area contributed by atoms with Crippen LogP contribution in [0.2, 0.25) is 0 Å². The number of carbonyl (C=O) groups excluding carboxylic acids is 1. The highest BCUT2D eigenvalue weighted by atomic mass is 16.7. The fourth-order valence-corrected chi connectivity index (χ4v) is 8.09. The lowest BCUT2D eigenvalue weighted by molar-refractivity contribution is -0.342. The molecule has 0 aromatic heterocycles. The van der Waals surface area contributed by atoms with Crippen molar-refractivity contribution < 1.29 is 34.0 Å². The Morgan fingerprint density at radius 1 is 1.11 bits per heavy atom. The summed E-state index contributed by atoms with van der Waals surface area (Å²) in [5.41, 5.74) is 2.55. The number of hydrogen-bond acceptors (Lipinski definition) is 7. The van der Waals surface area contributed by atoms with Gasteiger partial charge >= 0.3 is 5.97 Å². The molecule has 5 aliphatic rings. The molecule has 0 aromatic carbocycles. The Morgan fingerprint density at radius 2 is 1.86 bits per heavy atom. The number of fused-ring (bicyclic) bond motifs is 2. The monoisotopic (exact) mass is 610 g/mol. The van der Waals surface area contributed by atoms with Crippen LogP contribution in [0.5, 0.6) is 0 Å². The van der Waals surface area contributed by atoms with Gasteiger partial charge in [0.15, 0.2) is 5.79 Å². The molecule has 1 spiro atoms. The molecule has 0 radical (unpaired) electrons. The molecule has 0 amide bonds. The average molecular weight is 611 g/mol. The third-order valence-electron chi connectivity index (χ3n) is 10.5. The van der Waals surface area contributed by atoms with Crippen LogP contribution in [-0.2, 0) is 23.7 Å². The summed E-state index contributed by atoms with van der Waals surface area (Å²) < 4.78 is 26.1. The minimum Gasteiger partial charge on any atom is -0.462 e. The predicted molar refractivity (Wildman–Crippen MR) is 170 cm³/mol. The fraction of sp³-hybridized carbons (Fsp3) is 0.703. The Morgan fingerprint density at radius 3 is 2.59 bits per heavy atom. The van der Waals surface area contributed by atoms with Crippen molar-refractivity contribution in [3.05, 3.63) is 58.7 Å². The van der Waals surface area contributed by atoms with Crippen molar-refractivity contribution in [3.63, 3.8) is 0 Å². The molecule has 44 heavy (non-hydrogen) atoms. The Kier molecular flexibility index (Phi) is 9.85. The highest BCUT2D eigenvalue weighted by Gasteiger charge is 2.59. The van der Waals surface area contributed by atoms with E-state index in [2.05, 4.69) is 52.8 Å². The van der Waals surface area contributed by atoms with Gasteiger partial charge in [-0.15, -0.1) is 0 Å². The number of aliphatic hydroxyl groups excluding tert-OH is 1. The zero-order valence-corrected chi connectivity index (χ0v) is 27.9. The maximum atomic E-state index is 14.1. The van der Waals surface area contributed by atoms with Crippen LogP contribution >= 0.6 is 0 Å². The molecule has 0 saturated carbocycles. The summed E-state index contributed by atoms with van der Waals surface area (Å²) in [6.45, 7) is 17.0. The third-order valence-corrected chi connectivity index (χ3v) is 10.5. The number of esters is 1. The Balaban J connectivity index is 1.52. The van der Waals surface area contributed by atoms with Crippen LogP contribution in [0.4, 0.5) is 0 Å². The van der Waals surface area contributed by atoms with Gasteiger partial charge in [0.05, 0.1) is 31.0 Å². The van der Waals surface area contributed by atoms with Crippen LogP contribution in [0.1, 0.15) is 87.5 Å². The molecule has 4 aliphatic heterocycles. The number of ether oxygens (including phenoxy) is 4. The molecule has 5 rings (SSSR count). The topological polar surface area (TPSA) is 94.5 Å². The van der Waals surface area contributed by atoms with Gasteiger partial charge in [0.1, 0.15) is 17.6 Å². The van der Waals surface area contributed by atoms with Crippen molar-refractivity contribution in [3.8, 4) is 0 Å². The molecule has 0 unspecified atom stereocenters. The van der Waals surface area contributed by atoms with E-state index in [0.717, 1.165) is 17.6 Å². The maximum Gasteiger partial charge on any atom is 0.316 e. The molecule has 244 valence electrons. The summed E-state index contributed by atoms with van der Waals surface area (Å²) in [6.07, 6.45) is 12.8. The molecule has 1 aliphatic carbocycles. The maximum absolute atomic E-state index is 14.1. The Bertz CT molecular complexity index is 1240. The van der Waals surface area contributed by atoms with Crippen molar-refractivity contribution in [1.29, 1.82) is 0 Å². The molecule has 3 fully saturated rings. The van der Waals surface area contributed by atoms with Gasteiger partial charge in [0.25, 0.3) is 0 Å². The first kappa shape index (κ1) is 33.3. The molecule has 7 heteroatoms. The fourth-order valence-electron chi connectivity index (χ4n) is 8.09. The van der Waals surface area contributed by atoms with Crippen molar-refractivity contribution in [2.75, 3.05) is 6.61 Å². The van der Waals surface area contributed by atoms with Crippen molar-refractivity contribution in [2.45, 2.75) is 129 Å². The largest absolute Gasteiger partial charge is 0.462 e. The molecular weight excluding hydrogens is 556 g/mol. The first-order valence-electron chi connectivity index (χ1n) is 16.7. The zero-order valence-electron chi connectivity index (χ0n) is 27.9. The highest BCUT2D eigenvalue weighted by Crippen LogP contribution is 2.49. The van der Waals surface area contributed by atoms with Crippen LogP contribution < -0.4 is 0 Å². The molecular formula is C37H54O7. The molecule has 7 nitrogen and oxygen atoms in total. The van der Waals surface area contributed by atoms with Gasteiger partial charge in [-0.2, -0.15) is 0 Å². The van der Waals surface area contributed by atoms with Gasteiger partial charge in [0.2, 0.25) is 0 Å². The number of allylic oxidation sites excluding steroid dienone is 5. The summed E-state index contributed by atoms with van der Waals surface area (Å²) >= 11 is 0. The quantitative estimate of drug-likeness (QED) is 0.278. The molecule has 4 heterocycles. The molecule has 3 saturated heterocycles. The highest BCUT2D eigenvalue weighted by molar-refractivity contribution is 5.78. The summed E-state index contributed by atoms with van der Waals surface area (Å²) in [4.78, 5) is 14.1. The van der Waals surface area contributed by atoms with E-state index in [1.54, 1.807) is 0 Å². The summed E-state index contributed by atoms with van der Waals surface area (Å²) in [7, 11) is 0. The Labute approximate surface area is 264 Å². The second kappa shape index (κ2) is 13.0. The van der Waals surface area contributed by atoms with E-state index in [-0.39, 0.29) is 36.6 Å². The summed E-state index contributed by atoms with van der Waals surface area (Å²) in [5.74, 6) is -1.95. The van der Waals surface area contributed by atoms with E-state index in [1.807, 2.05) is 39.0 Å². The van der Waals surface area contributed by atoms with Gasteiger partial charge in [-0.25, -0.2) is 0 Å². The van der Waals surface area contributed by atoms with Crippen LogP contribution in [0.15, 0.2) is 58.7 Å². The normalized spacial score (nSPS) is 46.8. The lowest BCUT2D eigenvalue weighted by atomic mass is 9.68. The van der Waals surface area contributed by atoms with Crippen LogP contribution in [0, 0.1) is 29.6 Å². The van der Waals surface area contributed by atoms with Gasteiger partial charge < -0.3 is 29.2 Å². The van der Waals surface area contributed by atoms with Crippen LogP contribution in [0.25, 0.3) is 0 Å². The number of rotatable bonds is 2. The average Bonchev–Trinajstić information content (AvgIpc) is 3.27. The number of carbonyl (C=O) groups is 1. The van der Waals surface area contributed by atoms with Gasteiger partial charge in [0, 0.05) is 31.1 Å². The van der Waals surface area contributed by atoms with E-state index >= 15 is 0 Å². The first-order chi connectivity index (χ1) is 20.7. The van der Waals surface area contributed by atoms with Gasteiger partial charge in [-0.1, -0.05) is 82.2 Å². The lowest BCUT2D eigenvalue weighted by Gasteiger charge is -2.51. The van der Waals surface area contributed by atoms with Crippen molar-refractivity contribution in [2.24, 2.45) is 29.6 Å². The van der Waals surface area contributed by atoms with Gasteiger partial charge in [-0.05, 0) is 56.6 Å². The zero-order chi connectivity index (χ0) is 32.0. The van der Waals surface area contributed by atoms with E-state index in [4.69, 9.17) is 18.9 Å². The predicted octanol–water partition coefficient (Wildman–Crippen LogP) is 6.36. The lowest BCUT2D eigenvalue weighted by Crippen LogP contribution is -2.59. The minimum atomic E-state index is -1.49. The molecule has 11 atom stereocenters. The summed E-state index contributed by atoms with van der Waals surface area (Å²) in [5, 5.41) is 23.6. The van der Waals surface area contributed by atoms with E-state index in [1.165, 1.54) is 5.57 Å². The van der Waals surface area contributed by atoms with E-state index < -0.39 is 41.6 Å². The standard InChI is InChI=1S/C37H54O7/c1-21(2)14-25(6)33-27(8)32(38)19-36(44-33)18-30-17-29(43-36)13-12-23(4)15-22(3)10-9-11-28-20-41-34-26(7)24(5)16-31(35(39)42-30)37(28,34)40/h9-12,14,16,21-22,26-27,29-34,38,40H,13,15,17-20H2,1-8H3/b10-9+,23-12+,25-14+,28-11+/t22-,26+,27-,29+,30-,31-,32-,33+,34+,36-,37+/m0/s1. The minimum absolute atomic E-state index is 0.0369. The van der Waals surface area contributed by atoms with Crippen molar-refractivity contribution >= 4 is 5.97 Å². The second-order valence-electron chi connectivity index (χ2n) is 14.8. The second-order valence-corrected chi connectivity index (χ2v) is 14.8. The van der Waals surface area contributed by atoms with Gasteiger partial charge in [-0.3, -0.25) is 4.79 Å².